The van der Waals surface area contributed by atoms with Gasteiger partial charge in [-0.05, 0) is 83.5 Å². The summed E-state index contributed by atoms with van der Waals surface area (Å²) in [6, 6.07) is -0.991. The van der Waals surface area contributed by atoms with Gasteiger partial charge < -0.3 is 89.9 Å². The average molecular weight is 1430 g/mol. The fourth-order valence-corrected chi connectivity index (χ4v) is 12.7. The highest BCUT2D eigenvalue weighted by molar-refractivity contribution is 5.76. The molecule has 0 aromatic rings. The molecule has 12 N–H and O–H groups in total. The summed E-state index contributed by atoms with van der Waals surface area (Å²) in [4.78, 5) is 13.5. The number of hydrogen-bond acceptors (Lipinski definition) is 18. The van der Waals surface area contributed by atoms with Gasteiger partial charge in [-0.1, -0.05) is 290 Å². The summed E-state index contributed by atoms with van der Waals surface area (Å²) >= 11 is 0. The molecule has 101 heavy (non-hydrogen) atoms. The van der Waals surface area contributed by atoms with Gasteiger partial charge in [0.15, 0.2) is 18.9 Å². The van der Waals surface area contributed by atoms with Crippen molar-refractivity contribution >= 4 is 5.91 Å². The molecule has 0 aliphatic carbocycles. The van der Waals surface area contributed by atoms with Crippen LogP contribution in [-0.4, -0.2) is 193 Å². The molecule has 3 aliphatic heterocycles. The molecule has 3 aliphatic rings. The minimum atomic E-state index is -1.99. The number of carbonyl (C=O) groups excluding carboxylic acids is 1. The Labute approximate surface area is 608 Å². The number of aliphatic hydroxyl groups excluding tert-OH is 11. The van der Waals surface area contributed by atoms with Crippen molar-refractivity contribution < 1.29 is 89.4 Å². The minimum Gasteiger partial charge on any atom is -0.394 e. The summed E-state index contributed by atoms with van der Waals surface area (Å²) in [6.45, 7) is 1.63. The van der Waals surface area contributed by atoms with Gasteiger partial charge in [0.25, 0.3) is 0 Å². The third-order valence-corrected chi connectivity index (χ3v) is 19.1. The standard InChI is InChI=1S/C82H141NO18/c1-3-5-7-9-11-13-15-17-19-21-23-25-27-29-30-31-32-33-34-36-38-40-42-44-46-48-50-52-54-56-58-60-70(88)83-65(66(87)59-57-55-53-51-49-47-45-43-41-39-37-35-28-26-24-22-20-18-16-14-12-10-8-6-4-2)64-96-80-76(94)73(91)78(68(62-85)98-80)101-82-77(95)74(92)79(69(63-86)99-82)100-81-75(93)72(90)71(89)67(61-84)97-81/h5,7,11,13,17,19,23,25,29-30,32-33,36,38,42,44,57,59,65-69,71-82,84-87,89-95H,3-4,6,8-10,12,14-16,18,20-22,24,26-28,31,34-35,37,39-41,43,45-56,58,60-64H2,1-2H3,(H,83,88)/b7-5-,13-11-,19-17-,25-23-,30-29-,33-32-,38-36-,44-42-,59-57+. The lowest BCUT2D eigenvalue weighted by atomic mass is 9.96. The second-order valence-electron chi connectivity index (χ2n) is 27.8. The van der Waals surface area contributed by atoms with Gasteiger partial charge in [0.2, 0.25) is 5.91 Å². The molecule has 19 nitrogen and oxygen atoms in total. The van der Waals surface area contributed by atoms with Gasteiger partial charge in [-0.2, -0.15) is 0 Å². The zero-order valence-electron chi connectivity index (χ0n) is 62.1. The quantitative estimate of drug-likeness (QED) is 0.0199. The van der Waals surface area contributed by atoms with Crippen LogP contribution in [0.4, 0.5) is 0 Å². The van der Waals surface area contributed by atoms with Gasteiger partial charge >= 0.3 is 0 Å². The van der Waals surface area contributed by atoms with E-state index in [2.05, 4.69) is 116 Å². The van der Waals surface area contributed by atoms with Crippen LogP contribution in [0.15, 0.2) is 109 Å². The van der Waals surface area contributed by atoms with Crippen molar-refractivity contribution in [2.24, 2.45) is 0 Å². The summed E-state index contributed by atoms with van der Waals surface area (Å²) in [5.74, 6) is -0.292. The summed E-state index contributed by atoms with van der Waals surface area (Å²) in [6.07, 6.45) is 57.7. The van der Waals surface area contributed by atoms with Crippen molar-refractivity contribution in [1.82, 2.24) is 5.32 Å². The number of carbonyl (C=O) groups is 1. The van der Waals surface area contributed by atoms with E-state index >= 15 is 0 Å². The SMILES string of the molecule is CC/C=C\C/C=C\C/C=C\C/C=C\C/C=C\C/C=C\C/C=C\C/C=C\CCCCCCCCC(=O)NC(COC1OC(CO)C(OC2OC(CO)C(OC3OC(CO)C(O)C(O)C3O)C(O)C2O)C(O)C1O)C(O)/C=C/CCCCCCCCCCCCCCCCCCCCCCCCC. The van der Waals surface area contributed by atoms with Crippen LogP contribution in [0.1, 0.15) is 271 Å². The minimum absolute atomic E-state index is 0.219. The second kappa shape index (κ2) is 61.6. The van der Waals surface area contributed by atoms with Crippen LogP contribution < -0.4 is 5.32 Å². The van der Waals surface area contributed by atoms with Gasteiger partial charge in [-0.25, -0.2) is 0 Å². The molecule has 1 amide bonds. The maximum Gasteiger partial charge on any atom is 0.220 e. The summed E-state index contributed by atoms with van der Waals surface area (Å²) in [7, 11) is 0. The molecule has 3 saturated heterocycles. The molecule has 0 aromatic heterocycles. The number of amides is 1. The normalized spacial score (nSPS) is 26.9. The average Bonchev–Trinajstić information content (AvgIpc) is 0.792. The third kappa shape index (κ3) is 41.8. The first kappa shape index (κ1) is 91.7. The molecular formula is C82H141NO18. The summed E-state index contributed by atoms with van der Waals surface area (Å²) < 4.78 is 34.4. The monoisotopic (exact) mass is 1430 g/mol. The van der Waals surface area contributed by atoms with Crippen molar-refractivity contribution in [3.05, 3.63) is 109 Å². The number of allylic oxidation sites excluding steroid dienone is 17. The first-order chi connectivity index (χ1) is 49.3. The Morgan fingerprint density at radius 3 is 1.07 bits per heavy atom. The lowest BCUT2D eigenvalue weighted by molar-refractivity contribution is -0.379. The van der Waals surface area contributed by atoms with E-state index in [1.54, 1.807) is 6.08 Å². The second-order valence-corrected chi connectivity index (χ2v) is 27.8. The predicted octanol–water partition coefficient (Wildman–Crippen LogP) is 12.9. The highest BCUT2D eigenvalue weighted by Gasteiger charge is 2.53. The van der Waals surface area contributed by atoms with Crippen molar-refractivity contribution in [3.63, 3.8) is 0 Å². The van der Waals surface area contributed by atoms with Gasteiger partial charge in [-0.15, -0.1) is 0 Å². The zero-order valence-corrected chi connectivity index (χ0v) is 62.1. The van der Waals surface area contributed by atoms with E-state index in [1.165, 1.54) is 128 Å². The van der Waals surface area contributed by atoms with Crippen molar-refractivity contribution in [1.29, 1.82) is 0 Å². The van der Waals surface area contributed by atoms with E-state index in [0.29, 0.717) is 6.42 Å². The molecule has 0 bridgehead atoms. The molecular weight excluding hydrogens is 1290 g/mol. The number of aliphatic hydroxyl groups is 11. The number of hydrogen-bond donors (Lipinski definition) is 12. The van der Waals surface area contributed by atoms with Crippen molar-refractivity contribution in [3.8, 4) is 0 Å². The predicted molar refractivity (Wildman–Crippen MR) is 401 cm³/mol. The lowest BCUT2D eigenvalue weighted by Crippen LogP contribution is -2.66. The lowest BCUT2D eigenvalue weighted by Gasteiger charge is -2.48. The number of unbranched alkanes of at least 4 members (excludes halogenated alkanes) is 29. The zero-order chi connectivity index (χ0) is 73.2. The molecule has 0 spiro atoms. The third-order valence-electron chi connectivity index (χ3n) is 19.1. The van der Waals surface area contributed by atoms with E-state index in [4.69, 9.17) is 28.4 Å². The molecule has 17 unspecified atom stereocenters. The number of rotatable bonds is 61. The van der Waals surface area contributed by atoms with Gasteiger partial charge in [0.1, 0.15) is 73.2 Å². The molecule has 0 saturated carbocycles. The van der Waals surface area contributed by atoms with Gasteiger partial charge in [0.05, 0.1) is 38.6 Å². The van der Waals surface area contributed by atoms with Crippen LogP contribution in [0.3, 0.4) is 0 Å². The molecule has 582 valence electrons. The largest absolute Gasteiger partial charge is 0.394 e. The molecule has 3 fully saturated rings. The van der Waals surface area contributed by atoms with E-state index in [0.717, 1.165) is 116 Å². The van der Waals surface area contributed by atoms with E-state index < -0.39 is 124 Å². The van der Waals surface area contributed by atoms with Crippen molar-refractivity contribution in [2.45, 2.75) is 375 Å². The maximum atomic E-state index is 13.5. The topological polar surface area (TPSA) is 307 Å². The van der Waals surface area contributed by atoms with Crippen LogP contribution >= 0.6 is 0 Å². The van der Waals surface area contributed by atoms with E-state index in [-0.39, 0.29) is 18.9 Å². The number of nitrogens with one attached hydrogen (secondary N) is 1. The maximum absolute atomic E-state index is 13.5. The van der Waals surface area contributed by atoms with Crippen LogP contribution in [0.5, 0.6) is 0 Å². The Morgan fingerprint density at radius 1 is 0.366 bits per heavy atom. The molecule has 19 heteroatoms. The van der Waals surface area contributed by atoms with Crippen LogP contribution in [0, 0.1) is 0 Å². The molecule has 0 aromatic carbocycles. The number of ether oxygens (including phenoxy) is 6. The highest BCUT2D eigenvalue weighted by Crippen LogP contribution is 2.33. The Balaban J connectivity index is 1.40. The van der Waals surface area contributed by atoms with Crippen LogP contribution in [0.2, 0.25) is 0 Å². The highest BCUT2D eigenvalue weighted by atomic mass is 16.8. The molecule has 3 rings (SSSR count). The smallest absolute Gasteiger partial charge is 0.220 e. The van der Waals surface area contributed by atoms with Crippen molar-refractivity contribution in [2.75, 3.05) is 26.4 Å². The first-order valence-electron chi connectivity index (χ1n) is 39.6. The molecule has 3 heterocycles. The van der Waals surface area contributed by atoms with Crippen LogP contribution in [0.25, 0.3) is 0 Å². The van der Waals surface area contributed by atoms with E-state index in [1.807, 2.05) is 6.08 Å². The van der Waals surface area contributed by atoms with Crippen LogP contribution in [-0.2, 0) is 33.2 Å². The fourth-order valence-electron chi connectivity index (χ4n) is 12.7. The van der Waals surface area contributed by atoms with E-state index in [9.17, 15) is 61.0 Å². The first-order valence-corrected chi connectivity index (χ1v) is 39.6. The summed E-state index contributed by atoms with van der Waals surface area (Å²) in [5.41, 5.74) is 0. The molecule has 17 atom stereocenters. The Kier molecular flexibility index (Phi) is 55.9. The summed E-state index contributed by atoms with van der Waals surface area (Å²) in [5, 5.41) is 121. The Hall–Kier alpha value is -3.55. The fraction of sp³-hybridized carbons (Fsp3) is 0.768. The molecule has 0 radical (unpaired) electrons. The van der Waals surface area contributed by atoms with Gasteiger partial charge in [-0.3, -0.25) is 4.79 Å². The Bertz CT molecular complexity index is 2250. The Morgan fingerprint density at radius 2 is 0.683 bits per heavy atom. The van der Waals surface area contributed by atoms with Gasteiger partial charge in [0, 0.05) is 6.42 Å².